The minimum absolute atomic E-state index is 0.526. The van der Waals surface area contributed by atoms with Crippen molar-refractivity contribution < 1.29 is 5.11 Å². The molecule has 0 aliphatic heterocycles. The second-order valence-corrected chi connectivity index (χ2v) is 5.83. The van der Waals surface area contributed by atoms with E-state index in [1.54, 1.807) is 0 Å². The Labute approximate surface area is 116 Å². The molecule has 0 heterocycles. The minimum atomic E-state index is -0.544. The molecule has 1 N–H and O–H groups in total. The second kappa shape index (κ2) is 6.21. The van der Waals surface area contributed by atoms with E-state index in [0.717, 1.165) is 37.2 Å². The summed E-state index contributed by atoms with van der Waals surface area (Å²) in [5, 5.41) is 20.1. The lowest BCUT2D eigenvalue weighted by molar-refractivity contribution is 0.0260. The predicted octanol–water partition coefficient (Wildman–Crippen LogP) is 3.70. The number of nitrogens with zero attached hydrogens (tertiary/aromatic N) is 1. The fourth-order valence-electron chi connectivity index (χ4n) is 3.15. The Bertz CT molecular complexity index is 426. The zero-order valence-electron chi connectivity index (χ0n) is 11.7. The third-order valence-electron chi connectivity index (χ3n) is 4.71. The van der Waals surface area contributed by atoms with Gasteiger partial charge in [-0.2, -0.15) is 5.26 Å². The van der Waals surface area contributed by atoms with Crippen molar-refractivity contribution in [3.63, 3.8) is 0 Å². The van der Waals surface area contributed by atoms with Gasteiger partial charge in [-0.05, 0) is 43.6 Å². The first-order chi connectivity index (χ1) is 9.20. The van der Waals surface area contributed by atoms with Crippen LogP contribution < -0.4 is 0 Å². The van der Waals surface area contributed by atoms with Crippen LogP contribution in [0.15, 0.2) is 30.3 Å². The highest BCUT2D eigenvalue weighted by atomic mass is 16.3. The molecule has 0 bridgehead atoms. The molecule has 0 saturated heterocycles. The van der Waals surface area contributed by atoms with Gasteiger partial charge >= 0.3 is 0 Å². The molecule has 102 valence electrons. The van der Waals surface area contributed by atoms with E-state index in [-0.39, 0.29) is 0 Å². The third-order valence-corrected chi connectivity index (χ3v) is 4.71. The zero-order chi connectivity index (χ0) is 13.7. The summed E-state index contributed by atoms with van der Waals surface area (Å²) in [7, 11) is 0. The Morgan fingerprint density at radius 1 is 1.32 bits per heavy atom. The molecule has 1 aliphatic carbocycles. The first-order valence-electron chi connectivity index (χ1n) is 7.33. The maximum atomic E-state index is 10.5. The van der Waals surface area contributed by atoms with Crippen LogP contribution >= 0.6 is 0 Å². The van der Waals surface area contributed by atoms with Crippen LogP contribution in [0, 0.1) is 22.7 Å². The highest BCUT2D eigenvalue weighted by Crippen LogP contribution is 2.42. The van der Waals surface area contributed by atoms with Crippen molar-refractivity contribution in [1.29, 1.82) is 5.26 Å². The van der Waals surface area contributed by atoms with Crippen LogP contribution in [0.25, 0.3) is 0 Å². The van der Waals surface area contributed by atoms with Gasteiger partial charge in [0.1, 0.15) is 0 Å². The van der Waals surface area contributed by atoms with Gasteiger partial charge in [0.2, 0.25) is 0 Å². The Morgan fingerprint density at radius 2 is 1.95 bits per heavy atom. The maximum absolute atomic E-state index is 10.5. The van der Waals surface area contributed by atoms with Crippen molar-refractivity contribution in [3.8, 4) is 6.07 Å². The Hall–Kier alpha value is -1.33. The monoisotopic (exact) mass is 257 g/mol. The van der Waals surface area contributed by atoms with E-state index in [2.05, 4.69) is 13.0 Å². The number of rotatable bonds is 4. The Morgan fingerprint density at radius 3 is 2.47 bits per heavy atom. The molecule has 19 heavy (non-hydrogen) atoms. The standard InChI is InChI=1S/C17H23NO/c1-2-14-8-10-17(13-18,11-9-14)16(19)12-15-6-4-3-5-7-15/h3-7,14,16,19H,2,8-12H2,1H3. The van der Waals surface area contributed by atoms with Crippen molar-refractivity contribution >= 4 is 0 Å². The lowest BCUT2D eigenvalue weighted by Gasteiger charge is -2.38. The van der Waals surface area contributed by atoms with E-state index in [1.165, 1.54) is 6.42 Å². The van der Waals surface area contributed by atoms with Crippen molar-refractivity contribution in [1.82, 2.24) is 0 Å². The minimum Gasteiger partial charge on any atom is -0.391 e. The molecule has 0 radical (unpaired) electrons. The molecule has 1 saturated carbocycles. The molecule has 1 unspecified atom stereocenters. The predicted molar refractivity (Wildman–Crippen MR) is 76.4 cm³/mol. The van der Waals surface area contributed by atoms with E-state index < -0.39 is 11.5 Å². The fraction of sp³-hybridized carbons (Fsp3) is 0.588. The average Bonchev–Trinajstić information content (AvgIpc) is 2.48. The molecule has 2 heteroatoms. The molecule has 1 fully saturated rings. The molecule has 1 aromatic carbocycles. The molecule has 0 amide bonds. The second-order valence-electron chi connectivity index (χ2n) is 5.83. The zero-order valence-corrected chi connectivity index (χ0v) is 11.7. The summed E-state index contributed by atoms with van der Waals surface area (Å²) in [6.45, 7) is 2.21. The van der Waals surface area contributed by atoms with Crippen LogP contribution in [0.4, 0.5) is 0 Å². The van der Waals surface area contributed by atoms with Crippen molar-refractivity contribution in [2.45, 2.75) is 51.6 Å². The molecule has 2 nitrogen and oxygen atoms in total. The molecule has 1 aliphatic rings. The summed E-state index contributed by atoms with van der Waals surface area (Å²) < 4.78 is 0. The van der Waals surface area contributed by atoms with Crippen LogP contribution in [0.1, 0.15) is 44.6 Å². The van der Waals surface area contributed by atoms with Crippen molar-refractivity contribution in [2.24, 2.45) is 11.3 Å². The highest BCUT2D eigenvalue weighted by molar-refractivity contribution is 5.18. The number of aliphatic hydroxyl groups excluding tert-OH is 1. The van der Waals surface area contributed by atoms with E-state index in [4.69, 9.17) is 0 Å². The Balaban J connectivity index is 2.04. The smallest absolute Gasteiger partial charge is 0.0835 e. The summed E-state index contributed by atoms with van der Waals surface area (Å²) >= 11 is 0. The van der Waals surface area contributed by atoms with Crippen LogP contribution in [0.5, 0.6) is 0 Å². The summed E-state index contributed by atoms with van der Waals surface area (Å²) in [6, 6.07) is 12.4. The summed E-state index contributed by atoms with van der Waals surface area (Å²) in [5.41, 5.74) is 0.587. The van der Waals surface area contributed by atoms with Crippen LogP contribution in [0.2, 0.25) is 0 Å². The number of aliphatic hydroxyl groups is 1. The number of hydrogen-bond donors (Lipinski definition) is 1. The van der Waals surface area contributed by atoms with Gasteiger partial charge in [0.05, 0.1) is 17.6 Å². The summed E-state index contributed by atoms with van der Waals surface area (Å²) in [6.07, 6.45) is 5.08. The largest absolute Gasteiger partial charge is 0.391 e. The number of nitriles is 1. The lowest BCUT2D eigenvalue weighted by Crippen LogP contribution is -2.39. The summed E-state index contributed by atoms with van der Waals surface area (Å²) in [4.78, 5) is 0. The van der Waals surface area contributed by atoms with Gasteiger partial charge in [-0.3, -0.25) is 0 Å². The quantitative estimate of drug-likeness (QED) is 0.893. The van der Waals surface area contributed by atoms with Crippen LogP contribution in [-0.4, -0.2) is 11.2 Å². The molecule has 0 aromatic heterocycles. The Kier molecular flexibility index (Phi) is 4.61. The molecule has 2 rings (SSSR count). The number of hydrogen-bond acceptors (Lipinski definition) is 2. The molecular weight excluding hydrogens is 234 g/mol. The molecular formula is C17H23NO. The number of benzene rings is 1. The van der Waals surface area contributed by atoms with Gasteiger partial charge in [-0.15, -0.1) is 0 Å². The normalized spacial score (nSPS) is 28.6. The molecule has 0 spiro atoms. The first-order valence-corrected chi connectivity index (χ1v) is 7.33. The van der Waals surface area contributed by atoms with Gasteiger partial charge in [-0.25, -0.2) is 0 Å². The molecule has 1 atom stereocenters. The van der Waals surface area contributed by atoms with E-state index in [9.17, 15) is 10.4 Å². The van der Waals surface area contributed by atoms with Gasteiger partial charge in [-0.1, -0.05) is 43.7 Å². The van der Waals surface area contributed by atoms with Gasteiger partial charge in [0, 0.05) is 0 Å². The molecule has 1 aromatic rings. The summed E-state index contributed by atoms with van der Waals surface area (Å²) in [5.74, 6) is 0.741. The van der Waals surface area contributed by atoms with Crippen LogP contribution in [0.3, 0.4) is 0 Å². The SMILES string of the molecule is CCC1CCC(C#N)(C(O)Cc2ccccc2)CC1. The highest BCUT2D eigenvalue weighted by Gasteiger charge is 2.41. The lowest BCUT2D eigenvalue weighted by atomic mass is 9.66. The average molecular weight is 257 g/mol. The van der Waals surface area contributed by atoms with E-state index >= 15 is 0 Å². The van der Waals surface area contributed by atoms with Gasteiger partial charge < -0.3 is 5.11 Å². The topological polar surface area (TPSA) is 44.0 Å². The maximum Gasteiger partial charge on any atom is 0.0835 e. The van der Waals surface area contributed by atoms with Gasteiger partial charge in [0.15, 0.2) is 0 Å². The van der Waals surface area contributed by atoms with Crippen molar-refractivity contribution in [2.75, 3.05) is 0 Å². The van der Waals surface area contributed by atoms with Crippen LogP contribution in [-0.2, 0) is 6.42 Å². The van der Waals surface area contributed by atoms with Gasteiger partial charge in [0.25, 0.3) is 0 Å². The van der Waals surface area contributed by atoms with E-state index in [1.807, 2.05) is 30.3 Å². The van der Waals surface area contributed by atoms with E-state index in [0.29, 0.717) is 6.42 Å². The third kappa shape index (κ3) is 3.16. The fourth-order valence-corrected chi connectivity index (χ4v) is 3.15. The van der Waals surface area contributed by atoms with Crippen molar-refractivity contribution in [3.05, 3.63) is 35.9 Å². The first kappa shape index (κ1) is 14.1.